The maximum atomic E-state index is 13.9. The average Bonchev–Trinajstić information content (AvgIpc) is 3.04. The van der Waals surface area contributed by atoms with Crippen LogP contribution in [-0.4, -0.2) is 48.1 Å². The molecule has 4 nitrogen and oxygen atoms in total. The Morgan fingerprint density at radius 1 is 0.545 bits per heavy atom. The highest BCUT2D eigenvalue weighted by Crippen LogP contribution is 2.63. The molecule has 44 heavy (non-hydrogen) atoms. The summed E-state index contributed by atoms with van der Waals surface area (Å²) in [6, 6.07) is 37.5. The average molecular weight is 578 g/mol. The van der Waals surface area contributed by atoms with Crippen LogP contribution in [0.2, 0.25) is 0 Å². The van der Waals surface area contributed by atoms with E-state index in [1.165, 1.54) is 44.4 Å². The van der Waals surface area contributed by atoms with Crippen LogP contribution >= 0.6 is 0 Å². The number of allylic oxidation sites excluding steroid dienone is 2. The van der Waals surface area contributed by atoms with Gasteiger partial charge in [0.1, 0.15) is 0 Å². The van der Waals surface area contributed by atoms with E-state index in [2.05, 4.69) is 152 Å². The van der Waals surface area contributed by atoms with E-state index in [1.807, 2.05) is 20.2 Å². The van der Waals surface area contributed by atoms with Crippen molar-refractivity contribution in [2.24, 2.45) is 0 Å². The van der Waals surface area contributed by atoms with Crippen LogP contribution in [0, 0.1) is 0 Å². The zero-order chi connectivity index (χ0) is 30.7. The number of hydrogen-bond donors (Lipinski definition) is 0. The molecule has 2 aliphatic rings. The molecule has 7 rings (SSSR count). The van der Waals surface area contributed by atoms with Gasteiger partial charge in [0.05, 0.1) is 0 Å². The number of nitrogens with zero attached hydrogens (tertiary/aromatic N) is 3. The SMILES string of the molecule is CN(C)c1cccc2c1C(=O)C=CC21c2ccc(N(C)C)c3c(N(C)C)ccc(c23)C(c2ccccc2)C1c1ccccc1. The third kappa shape index (κ3) is 3.93. The lowest BCUT2D eigenvalue weighted by Gasteiger charge is -2.51. The number of carbonyl (C=O) groups is 1. The number of anilines is 3. The zero-order valence-corrected chi connectivity index (χ0v) is 26.4. The summed E-state index contributed by atoms with van der Waals surface area (Å²) in [6.07, 6.45) is 4.08. The Labute approximate surface area is 260 Å². The maximum absolute atomic E-state index is 13.9. The van der Waals surface area contributed by atoms with Crippen molar-refractivity contribution in [3.05, 3.63) is 149 Å². The van der Waals surface area contributed by atoms with Crippen molar-refractivity contribution in [1.29, 1.82) is 0 Å². The summed E-state index contributed by atoms with van der Waals surface area (Å²) in [4.78, 5) is 20.4. The minimum Gasteiger partial charge on any atom is -0.377 e. The van der Waals surface area contributed by atoms with Crippen LogP contribution in [0.3, 0.4) is 0 Å². The Morgan fingerprint density at radius 3 is 1.75 bits per heavy atom. The van der Waals surface area contributed by atoms with Crippen LogP contribution in [-0.2, 0) is 5.41 Å². The van der Waals surface area contributed by atoms with E-state index in [0.717, 1.165) is 16.8 Å². The van der Waals surface area contributed by atoms with Gasteiger partial charge in [-0.1, -0.05) is 91.0 Å². The first-order valence-electron chi connectivity index (χ1n) is 15.3. The van der Waals surface area contributed by atoms with E-state index >= 15 is 0 Å². The highest BCUT2D eigenvalue weighted by atomic mass is 16.1. The van der Waals surface area contributed by atoms with Crippen LogP contribution in [0.25, 0.3) is 10.8 Å². The molecule has 0 fully saturated rings. The van der Waals surface area contributed by atoms with Gasteiger partial charge in [-0.2, -0.15) is 0 Å². The minimum absolute atomic E-state index is 0.00211. The van der Waals surface area contributed by atoms with E-state index in [-0.39, 0.29) is 17.6 Å². The fourth-order valence-electron chi connectivity index (χ4n) is 8.00. The molecule has 3 atom stereocenters. The van der Waals surface area contributed by atoms with Crippen LogP contribution in [0.15, 0.2) is 115 Å². The summed E-state index contributed by atoms with van der Waals surface area (Å²) in [5.41, 5.74) is 9.70. The van der Waals surface area contributed by atoms with Crippen LogP contribution in [0.5, 0.6) is 0 Å². The van der Waals surface area contributed by atoms with Gasteiger partial charge < -0.3 is 14.7 Å². The monoisotopic (exact) mass is 577 g/mol. The molecule has 0 heterocycles. The summed E-state index contributed by atoms with van der Waals surface area (Å²) < 4.78 is 0. The molecule has 3 unspecified atom stereocenters. The summed E-state index contributed by atoms with van der Waals surface area (Å²) in [7, 11) is 12.6. The van der Waals surface area contributed by atoms with Gasteiger partial charge in [0.15, 0.2) is 5.78 Å². The van der Waals surface area contributed by atoms with Gasteiger partial charge in [-0.15, -0.1) is 0 Å². The van der Waals surface area contributed by atoms with Crippen LogP contribution < -0.4 is 14.7 Å². The number of benzene rings is 5. The van der Waals surface area contributed by atoms with Gasteiger partial charge in [-0.05, 0) is 57.5 Å². The number of hydrogen-bond acceptors (Lipinski definition) is 4. The summed E-state index contributed by atoms with van der Waals surface area (Å²) in [5, 5.41) is 2.53. The Balaban J connectivity index is 1.73. The molecular weight excluding hydrogens is 538 g/mol. The topological polar surface area (TPSA) is 26.8 Å². The maximum Gasteiger partial charge on any atom is 0.187 e. The highest BCUT2D eigenvalue weighted by molar-refractivity contribution is 6.14. The zero-order valence-electron chi connectivity index (χ0n) is 26.4. The van der Waals surface area contributed by atoms with Crippen LogP contribution in [0.1, 0.15) is 50.0 Å². The summed E-state index contributed by atoms with van der Waals surface area (Å²) >= 11 is 0. The smallest absolute Gasteiger partial charge is 0.187 e. The normalized spacial score (nSPS) is 20.1. The van der Waals surface area contributed by atoms with Gasteiger partial charge in [-0.3, -0.25) is 4.79 Å². The first-order chi connectivity index (χ1) is 21.3. The van der Waals surface area contributed by atoms with Gasteiger partial charge in [-0.25, -0.2) is 0 Å². The second-order valence-corrected chi connectivity index (χ2v) is 12.8. The highest BCUT2D eigenvalue weighted by Gasteiger charge is 2.53. The van der Waals surface area contributed by atoms with Crippen molar-refractivity contribution < 1.29 is 4.79 Å². The number of rotatable bonds is 5. The van der Waals surface area contributed by atoms with E-state index in [4.69, 9.17) is 0 Å². The Hall–Kier alpha value is -4.83. The standard InChI is InChI=1S/C40H39N3O/c1-41(2)31-19-13-18-29-37(31)34(44)24-25-40(29)30-21-23-33(43(5)6)38-32(42(3)4)22-20-28(36(30)38)35(26-14-9-7-10-15-26)39(40)27-16-11-8-12-17-27/h7-25,35,39H,1-6H3. The predicted molar refractivity (Wildman–Crippen MR) is 185 cm³/mol. The van der Waals surface area contributed by atoms with Crippen molar-refractivity contribution in [3.8, 4) is 0 Å². The molecule has 1 spiro atoms. The molecule has 4 heteroatoms. The first-order valence-corrected chi connectivity index (χ1v) is 15.3. The molecule has 0 aromatic heterocycles. The lowest BCUT2D eigenvalue weighted by Crippen LogP contribution is -2.43. The Morgan fingerprint density at radius 2 is 1.14 bits per heavy atom. The largest absolute Gasteiger partial charge is 0.377 e. The molecule has 0 amide bonds. The third-order valence-electron chi connectivity index (χ3n) is 9.75. The second kappa shape index (κ2) is 10.4. The third-order valence-corrected chi connectivity index (χ3v) is 9.75. The van der Waals surface area contributed by atoms with E-state index in [1.54, 1.807) is 0 Å². The molecule has 220 valence electrons. The molecule has 0 aliphatic heterocycles. The molecule has 0 radical (unpaired) electrons. The number of fused-ring (bicyclic) bond motifs is 3. The van der Waals surface area contributed by atoms with Gasteiger partial charge in [0, 0.05) is 87.5 Å². The lowest BCUT2D eigenvalue weighted by atomic mass is 9.51. The second-order valence-electron chi connectivity index (χ2n) is 12.8. The number of ketones is 1. The van der Waals surface area contributed by atoms with Crippen LogP contribution in [0.4, 0.5) is 17.1 Å². The lowest BCUT2D eigenvalue weighted by molar-refractivity contribution is 0.104. The molecule has 0 bridgehead atoms. The van der Waals surface area contributed by atoms with Crippen molar-refractivity contribution in [2.45, 2.75) is 17.3 Å². The quantitative estimate of drug-likeness (QED) is 0.211. The summed E-state index contributed by atoms with van der Waals surface area (Å²) in [6.45, 7) is 0. The summed E-state index contributed by atoms with van der Waals surface area (Å²) in [5.74, 6) is 0.0978. The van der Waals surface area contributed by atoms with E-state index in [9.17, 15) is 4.79 Å². The fourth-order valence-corrected chi connectivity index (χ4v) is 8.00. The van der Waals surface area contributed by atoms with Gasteiger partial charge in [0.25, 0.3) is 0 Å². The molecule has 5 aromatic carbocycles. The molecule has 0 saturated carbocycles. The van der Waals surface area contributed by atoms with Crippen molar-refractivity contribution >= 4 is 33.6 Å². The number of carbonyl (C=O) groups excluding carboxylic acids is 1. The minimum atomic E-state index is -0.599. The first kappa shape index (κ1) is 28.0. The molecule has 2 aliphatic carbocycles. The molecule has 5 aromatic rings. The van der Waals surface area contributed by atoms with Gasteiger partial charge in [0.2, 0.25) is 0 Å². The predicted octanol–water partition coefficient (Wildman–Crippen LogP) is 8.01. The van der Waals surface area contributed by atoms with Crippen molar-refractivity contribution in [1.82, 2.24) is 0 Å². The van der Waals surface area contributed by atoms with Gasteiger partial charge >= 0.3 is 0 Å². The fraction of sp³-hybridized carbons (Fsp3) is 0.225. The van der Waals surface area contributed by atoms with E-state index < -0.39 is 5.41 Å². The van der Waals surface area contributed by atoms with Crippen molar-refractivity contribution in [3.63, 3.8) is 0 Å². The van der Waals surface area contributed by atoms with Crippen molar-refractivity contribution in [2.75, 3.05) is 57.0 Å². The Kier molecular flexibility index (Phi) is 6.62. The molecule has 0 saturated heterocycles. The Bertz CT molecular complexity index is 1910. The molecule has 0 N–H and O–H groups in total. The molecular formula is C40H39N3O. The van der Waals surface area contributed by atoms with E-state index in [0.29, 0.717) is 0 Å².